The van der Waals surface area contributed by atoms with Gasteiger partial charge in [0.05, 0.1) is 0 Å². The predicted octanol–water partition coefficient (Wildman–Crippen LogP) is -0.615. The van der Waals surface area contributed by atoms with Crippen molar-refractivity contribution in [3.63, 3.8) is 0 Å². The molecule has 0 bridgehead atoms. The molecule has 0 radical (unpaired) electrons. The summed E-state index contributed by atoms with van der Waals surface area (Å²) in [6, 6.07) is 1.57. The summed E-state index contributed by atoms with van der Waals surface area (Å²) >= 11 is 0. The fourth-order valence-electron chi connectivity index (χ4n) is 0.818. The van der Waals surface area contributed by atoms with Crippen molar-refractivity contribution in [2.45, 2.75) is 0 Å². The van der Waals surface area contributed by atoms with Crippen molar-refractivity contribution in [3.8, 4) is 0 Å². The summed E-state index contributed by atoms with van der Waals surface area (Å²) in [6.45, 7) is 0. The lowest BCUT2D eigenvalue weighted by Gasteiger charge is -2.00. The Hall–Kier alpha value is -2.18. The monoisotopic (exact) mass is 178 g/mol. The largest absolute Gasteiger partial charge is 0.288 e. The maximum atomic E-state index is 11.3. The Labute approximate surface area is 72.8 Å². The lowest BCUT2D eigenvalue weighted by atomic mass is 10.4. The molecule has 0 aliphatic rings. The van der Waals surface area contributed by atoms with Gasteiger partial charge in [0.1, 0.15) is 18.3 Å². The summed E-state index contributed by atoms with van der Waals surface area (Å²) in [7, 11) is 0. The minimum absolute atomic E-state index is 0.294. The van der Waals surface area contributed by atoms with Gasteiger partial charge in [-0.3, -0.25) is 15.3 Å². The van der Waals surface area contributed by atoms with Crippen LogP contribution in [0.5, 0.6) is 0 Å². The van der Waals surface area contributed by atoms with Crippen LogP contribution in [-0.4, -0.2) is 31.0 Å². The lowest BCUT2D eigenvalue weighted by molar-refractivity contribution is 0.100. The van der Waals surface area contributed by atoms with Gasteiger partial charge in [-0.2, -0.15) is 5.10 Å². The van der Waals surface area contributed by atoms with E-state index in [0.717, 1.165) is 0 Å². The SMILES string of the molecule is O=C(Nn1cnnc1)c1ccn[nH]1. The maximum Gasteiger partial charge on any atom is 0.288 e. The molecule has 7 nitrogen and oxygen atoms in total. The first kappa shape index (κ1) is 7.47. The van der Waals surface area contributed by atoms with E-state index < -0.39 is 0 Å². The van der Waals surface area contributed by atoms with Gasteiger partial charge in [-0.1, -0.05) is 0 Å². The van der Waals surface area contributed by atoms with E-state index in [0.29, 0.717) is 5.69 Å². The molecule has 1 amide bonds. The molecule has 2 N–H and O–H groups in total. The molecular weight excluding hydrogens is 172 g/mol. The number of aromatic amines is 1. The van der Waals surface area contributed by atoms with E-state index in [1.165, 1.54) is 23.5 Å². The lowest BCUT2D eigenvalue weighted by Crippen LogP contribution is -2.21. The maximum absolute atomic E-state index is 11.3. The van der Waals surface area contributed by atoms with Crippen LogP contribution in [-0.2, 0) is 0 Å². The number of carbonyl (C=O) groups excluding carboxylic acids is 1. The molecule has 2 rings (SSSR count). The summed E-state index contributed by atoms with van der Waals surface area (Å²) in [5.74, 6) is -0.294. The first-order chi connectivity index (χ1) is 6.36. The molecule has 13 heavy (non-hydrogen) atoms. The van der Waals surface area contributed by atoms with Gasteiger partial charge in [0.25, 0.3) is 5.91 Å². The molecule has 0 saturated carbocycles. The van der Waals surface area contributed by atoms with Gasteiger partial charge >= 0.3 is 0 Å². The van der Waals surface area contributed by atoms with E-state index in [-0.39, 0.29) is 5.91 Å². The fraction of sp³-hybridized carbons (Fsp3) is 0. The second kappa shape index (κ2) is 3.05. The third-order valence-corrected chi connectivity index (χ3v) is 1.39. The van der Waals surface area contributed by atoms with Crippen LogP contribution in [0.15, 0.2) is 24.9 Å². The molecular formula is C6H6N6O. The van der Waals surface area contributed by atoms with Gasteiger partial charge in [-0.15, -0.1) is 10.2 Å². The highest BCUT2D eigenvalue weighted by atomic mass is 16.2. The van der Waals surface area contributed by atoms with Gasteiger partial charge in [0.15, 0.2) is 0 Å². The van der Waals surface area contributed by atoms with E-state index in [1.54, 1.807) is 6.07 Å². The van der Waals surface area contributed by atoms with Crippen LogP contribution in [0.3, 0.4) is 0 Å². The number of aromatic nitrogens is 5. The van der Waals surface area contributed by atoms with Crippen molar-refractivity contribution in [2.24, 2.45) is 0 Å². The van der Waals surface area contributed by atoms with Crippen molar-refractivity contribution in [2.75, 3.05) is 5.43 Å². The Morgan fingerprint density at radius 1 is 1.46 bits per heavy atom. The number of amides is 1. The predicted molar refractivity (Wildman–Crippen MR) is 42.3 cm³/mol. The fourth-order valence-corrected chi connectivity index (χ4v) is 0.818. The number of rotatable bonds is 2. The van der Waals surface area contributed by atoms with Crippen LogP contribution in [0, 0.1) is 0 Å². The average molecular weight is 178 g/mol. The normalized spacial score (nSPS) is 9.85. The van der Waals surface area contributed by atoms with Crippen molar-refractivity contribution in [1.82, 2.24) is 25.1 Å². The minimum Gasteiger partial charge on any atom is -0.273 e. The zero-order valence-corrected chi connectivity index (χ0v) is 6.51. The highest BCUT2D eigenvalue weighted by Gasteiger charge is 2.05. The van der Waals surface area contributed by atoms with Gasteiger partial charge in [0, 0.05) is 6.20 Å². The third kappa shape index (κ3) is 1.53. The van der Waals surface area contributed by atoms with E-state index in [4.69, 9.17) is 0 Å². The van der Waals surface area contributed by atoms with E-state index in [9.17, 15) is 4.79 Å². The number of nitrogens with zero attached hydrogens (tertiary/aromatic N) is 4. The summed E-state index contributed by atoms with van der Waals surface area (Å²) in [5, 5.41) is 13.2. The van der Waals surface area contributed by atoms with Crippen LogP contribution >= 0.6 is 0 Å². The van der Waals surface area contributed by atoms with Crippen LogP contribution in [0.4, 0.5) is 0 Å². The second-order valence-electron chi connectivity index (χ2n) is 2.28. The molecule has 2 aromatic heterocycles. The van der Waals surface area contributed by atoms with Crippen LogP contribution < -0.4 is 5.43 Å². The Morgan fingerprint density at radius 3 is 2.85 bits per heavy atom. The minimum atomic E-state index is -0.294. The standard InChI is InChI=1S/C6H6N6O/c13-6(5-1-2-7-10-5)11-12-3-8-9-4-12/h1-4H,(H,7,10)(H,11,13). The molecule has 0 unspecified atom stereocenters. The Balaban J connectivity index is 2.08. The van der Waals surface area contributed by atoms with Crippen molar-refractivity contribution in [1.29, 1.82) is 0 Å². The highest BCUT2D eigenvalue weighted by molar-refractivity contribution is 5.98. The van der Waals surface area contributed by atoms with Crippen LogP contribution in [0.2, 0.25) is 0 Å². The molecule has 7 heteroatoms. The second-order valence-corrected chi connectivity index (χ2v) is 2.28. The van der Waals surface area contributed by atoms with Crippen molar-refractivity contribution >= 4 is 5.91 Å². The first-order valence-corrected chi connectivity index (χ1v) is 3.51. The summed E-state index contributed by atoms with van der Waals surface area (Å²) < 4.78 is 1.35. The van der Waals surface area contributed by atoms with Gasteiger partial charge in [0.2, 0.25) is 0 Å². The molecule has 0 aliphatic heterocycles. The smallest absolute Gasteiger partial charge is 0.273 e. The average Bonchev–Trinajstić information content (AvgIpc) is 2.74. The molecule has 0 aliphatic carbocycles. The van der Waals surface area contributed by atoms with E-state index >= 15 is 0 Å². The molecule has 0 fully saturated rings. The number of H-pyrrole nitrogens is 1. The Bertz CT molecular complexity index is 377. The van der Waals surface area contributed by atoms with Crippen molar-refractivity contribution < 1.29 is 4.79 Å². The molecule has 2 aromatic rings. The first-order valence-electron chi connectivity index (χ1n) is 3.51. The Kier molecular flexibility index (Phi) is 1.75. The summed E-state index contributed by atoms with van der Waals surface area (Å²) in [5.41, 5.74) is 2.89. The van der Waals surface area contributed by atoms with Gasteiger partial charge < -0.3 is 0 Å². The molecule has 0 spiro atoms. The van der Waals surface area contributed by atoms with Crippen molar-refractivity contribution in [3.05, 3.63) is 30.6 Å². The van der Waals surface area contributed by atoms with E-state index in [1.807, 2.05) is 0 Å². The molecule has 2 heterocycles. The molecule has 0 aromatic carbocycles. The zero-order valence-electron chi connectivity index (χ0n) is 6.51. The molecule has 0 saturated heterocycles. The molecule has 66 valence electrons. The van der Waals surface area contributed by atoms with Crippen LogP contribution in [0.1, 0.15) is 10.5 Å². The Morgan fingerprint density at radius 2 is 2.23 bits per heavy atom. The summed E-state index contributed by atoms with van der Waals surface area (Å²) in [6.07, 6.45) is 4.27. The number of hydrogen-bond donors (Lipinski definition) is 2. The quantitative estimate of drug-likeness (QED) is 0.641. The number of nitrogens with one attached hydrogen (secondary N) is 2. The number of hydrogen-bond acceptors (Lipinski definition) is 4. The molecule has 0 atom stereocenters. The third-order valence-electron chi connectivity index (χ3n) is 1.39. The number of carbonyl (C=O) groups is 1. The van der Waals surface area contributed by atoms with Gasteiger partial charge in [-0.25, -0.2) is 4.68 Å². The summed E-state index contributed by atoms with van der Waals surface area (Å²) in [4.78, 5) is 11.3. The topological polar surface area (TPSA) is 88.5 Å². The zero-order chi connectivity index (χ0) is 9.10. The van der Waals surface area contributed by atoms with E-state index in [2.05, 4.69) is 25.8 Å². The highest BCUT2D eigenvalue weighted by Crippen LogP contribution is 1.91. The van der Waals surface area contributed by atoms with Crippen LogP contribution in [0.25, 0.3) is 0 Å². The van der Waals surface area contributed by atoms with Gasteiger partial charge in [-0.05, 0) is 6.07 Å².